The minimum atomic E-state index is -0.652. The molecule has 14 heavy (non-hydrogen) atoms. The van der Waals surface area contributed by atoms with Crippen LogP contribution in [0.2, 0.25) is 0 Å². The van der Waals surface area contributed by atoms with E-state index in [0.29, 0.717) is 26.3 Å². The van der Waals surface area contributed by atoms with Gasteiger partial charge in [0.25, 0.3) is 5.91 Å². The van der Waals surface area contributed by atoms with Gasteiger partial charge in [0.1, 0.15) is 0 Å². The van der Waals surface area contributed by atoms with Crippen LogP contribution in [0, 0.1) is 0 Å². The molecule has 2 saturated heterocycles. The first-order chi connectivity index (χ1) is 6.77. The number of alkyl carbamates (subject to hydrolysis) is 1. The number of hydrogen-bond acceptors (Lipinski definition) is 4. The highest BCUT2D eigenvalue weighted by molar-refractivity contribution is 5.86. The Morgan fingerprint density at radius 2 is 2.14 bits per heavy atom. The van der Waals surface area contributed by atoms with E-state index in [1.54, 1.807) is 4.90 Å². The largest absolute Gasteiger partial charge is 0.434 e. The summed E-state index contributed by atoms with van der Waals surface area (Å²) in [4.78, 5) is 24.1. The van der Waals surface area contributed by atoms with Crippen LogP contribution < -0.4 is 5.32 Å². The molecule has 0 radical (unpaired) electrons. The first kappa shape index (κ1) is 9.26. The molecule has 6 heteroatoms. The van der Waals surface area contributed by atoms with Crippen molar-refractivity contribution >= 4 is 12.0 Å². The van der Waals surface area contributed by atoms with E-state index in [1.165, 1.54) is 0 Å². The van der Waals surface area contributed by atoms with Crippen LogP contribution in [0.3, 0.4) is 0 Å². The minimum Gasteiger partial charge on any atom is -0.434 e. The predicted octanol–water partition coefficient (Wildman–Crippen LogP) is -1.05. The van der Waals surface area contributed by atoms with Crippen LogP contribution in [0.25, 0.3) is 0 Å². The molecule has 6 nitrogen and oxygen atoms in total. The molecule has 2 aliphatic rings. The highest BCUT2D eigenvalue weighted by Crippen LogP contribution is 2.06. The van der Waals surface area contributed by atoms with Gasteiger partial charge in [-0.15, -0.1) is 0 Å². The van der Waals surface area contributed by atoms with Crippen molar-refractivity contribution in [3.8, 4) is 0 Å². The molecule has 1 N–H and O–H groups in total. The standard InChI is InChI=1S/C8H12N2O4/c11-7(6-5-9-8(12)14-6)10-1-3-13-4-2-10/h6H,1-5H2,(H,9,12). The van der Waals surface area contributed by atoms with Crippen molar-refractivity contribution in [1.82, 2.24) is 10.2 Å². The maximum Gasteiger partial charge on any atom is 0.408 e. The summed E-state index contributed by atoms with van der Waals surface area (Å²) in [5.74, 6) is -0.133. The molecule has 78 valence electrons. The smallest absolute Gasteiger partial charge is 0.408 e. The summed E-state index contributed by atoms with van der Waals surface area (Å²) in [5.41, 5.74) is 0. The number of cyclic esters (lactones) is 1. The molecule has 0 spiro atoms. The molecular formula is C8H12N2O4. The van der Waals surface area contributed by atoms with E-state index >= 15 is 0 Å². The number of ether oxygens (including phenoxy) is 2. The molecule has 2 aliphatic heterocycles. The lowest BCUT2D eigenvalue weighted by Gasteiger charge is -2.28. The summed E-state index contributed by atoms with van der Waals surface area (Å²) < 4.78 is 9.91. The van der Waals surface area contributed by atoms with E-state index in [9.17, 15) is 9.59 Å². The molecule has 0 saturated carbocycles. The van der Waals surface area contributed by atoms with Crippen molar-refractivity contribution < 1.29 is 19.1 Å². The van der Waals surface area contributed by atoms with Gasteiger partial charge in [0.05, 0.1) is 19.8 Å². The Labute approximate surface area is 81.1 Å². The molecule has 1 unspecified atom stereocenters. The van der Waals surface area contributed by atoms with Gasteiger partial charge in [-0.2, -0.15) is 0 Å². The summed E-state index contributed by atoms with van der Waals surface area (Å²) in [5, 5.41) is 2.45. The van der Waals surface area contributed by atoms with Crippen LogP contribution in [-0.4, -0.2) is 55.9 Å². The Morgan fingerprint density at radius 3 is 2.71 bits per heavy atom. The molecule has 0 bridgehead atoms. The maximum atomic E-state index is 11.7. The molecule has 0 aromatic heterocycles. The van der Waals surface area contributed by atoms with Crippen molar-refractivity contribution in [2.75, 3.05) is 32.8 Å². The zero-order valence-electron chi connectivity index (χ0n) is 7.69. The fraction of sp³-hybridized carbons (Fsp3) is 0.750. The number of hydrogen-bond donors (Lipinski definition) is 1. The number of amides is 2. The first-order valence-electron chi connectivity index (χ1n) is 4.58. The van der Waals surface area contributed by atoms with Crippen LogP contribution in [0.1, 0.15) is 0 Å². The van der Waals surface area contributed by atoms with Gasteiger partial charge in [0.15, 0.2) is 6.10 Å². The van der Waals surface area contributed by atoms with E-state index in [1.807, 2.05) is 0 Å². The zero-order chi connectivity index (χ0) is 9.97. The second-order valence-corrected chi connectivity index (χ2v) is 3.21. The second-order valence-electron chi connectivity index (χ2n) is 3.21. The van der Waals surface area contributed by atoms with E-state index in [0.717, 1.165) is 0 Å². The highest BCUT2D eigenvalue weighted by atomic mass is 16.6. The average molecular weight is 200 g/mol. The number of nitrogens with one attached hydrogen (secondary N) is 1. The van der Waals surface area contributed by atoms with Gasteiger partial charge in [0.2, 0.25) is 0 Å². The lowest BCUT2D eigenvalue weighted by atomic mass is 10.3. The normalized spacial score (nSPS) is 27.0. The quantitative estimate of drug-likeness (QED) is 0.586. The van der Waals surface area contributed by atoms with E-state index in [2.05, 4.69) is 5.32 Å². The van der Waals surface area contributed by atoms with Crippen LogP contribution in [-0.2, 0) is 14.3 Å². The lowest BCUT2D eigenvalue weighted by Crippen LogP contribution is -2.46. The Balaban J connectivity index is 1.90. The fourth-order valence-corrected chi connectivity index (χ4v) is 1.51. The van der Waals surface area contributed by atoms with Crippen molar-refractivity contribution in [2.24, 2.45) is 0 Å². The van der Waals surface area contributed by atoms with Crippen molar-refractivity contribution in [2.45, 2.75) is 6.10 Å². The monoisotopic (exact) mass is 200 g/mol. The Kier molecular flexibility index (Phi) is 2.53. The third-order valence-electron chi connectivity index (χ3n) is 2.28. The summed E-state index contributed by atoms with van der Waals surface area (Å²) in [7, 11) is 0. The molecule has 2 heterocycles. The summed E-state index contributed by atoms with van der Waals surface area (Å²) >= 11 is 0. The molecule has 0 aromatic rings. The average Bonchev–Trinajstić information content (AvgIpc) is 2.65. The van der Waals surface area contributed by atoms with Crippen LogP contribution in [0.4, 0.5) is 4.79 Å². The molecule has 1 atom stereocenters. The van der Waals surface area contributed by atoms with Gasteiger partial charge >= 0.3 is 6.09 Å². The second kappa shape index (κ2) is 3.83. The van der Waals surface area contributed by atoms with Gasteiger partial charge in [-0.1, -0.05) is 0 Å². The molecule has 2 amide bonds. The molecular weight excluding hydrogens is 188 g/mol. The van der Waals surface area contributed by atoms with E-state index in [4.69, 9.17) is 9.47 Å². The summed E-state index contributed by atoms with van der Waals surface area (Å²) in [6.07, 6.45) is -1.17. The maximum absolute atomic E-state index is 11.7. The van der Waals surface area contributed by atoms with Crippen molar-refractivity contribution in [1.29, 1.82) is 0 Å². The lowest BCUT2D eigenvalue weighted by molar-refractivity contribution is -0.142. The third kappa shape index (κ3) is 1.79. The summed E-state index contributed by atoms with van der Waals surface area (Å²) in [6, 6.07) is 0. The number of nitrogens with zero attached hydrogens (tertiary/aromatic N) is 1. The first-order valence-corrected chi connectivity index (χ1v) is 4.58. The van der Waals surface area contributed by atoms with Crippen LogP contribution in [0.15, 0.2) is 0 Å². The number of carbonyl (C=O) groups is 2. The minimum absolute atomic E-state index is 0.133. The van der Waals surface area contributed by atoms with E-state index in [-0.39, 0.29) is 12.5 Å². The molecule has 0 aliphatic carbocycles. The Morgan fingerprint density at radius 1 is 1.43 bits per heavy atom. The van der Waals surface area contributed by atoms with Gasteiger partial charge in [0, 0.05) is 13.1 Å². The van der Waals surface area contributed by atoms with Crippen molar-refractivity contribution in [3.63, 3.8) is 0 Å². The van der Waals surface area contributed by atoms with Gasteiger partial charge in [-0.05, 0) is 0 Å². The SMILES string of the molecule is O=C1NCC(C(=O)N2CCOCC2)O1. The topological polar surface area (TPSA) is 67.9 Å². The third-order valence-corrected chi connectivity index (χ3v) is 2.28. The van der Waals surface area contributed by atoms with Gasteiger partial charge < -0.3 is 19.7 Å². The number of morpholine rings is 1. The predicted molar refractivity (Wildman–Crippen MR) is 45.7 cm³/mol. The fourth-order valence-electron chi connectivity index (χ4n) is 1.51. The van der Waals surface area contributed by atoms with Crippen LogP contribution >= 0.6 is 0 Å². The number of rotatable bonds is 1. The Hall–Kier alpha value is -1.30. The summed E-state index contributed by atoms with van der Waals surface area (Å²) in [6.45, 7) is 2.54. The molecule has 0 aromatic carbocycles. The zero-order valence-corrected chi connectivity index (χ0v) is 7.69. The van der Waals surface area contributed by atoms with E-state index < -0.39 is 12.2 Å². The Bertz CT molecular complexity index is 250. The molecule has 2 fully saturated rings. The van der Waals surface area contributed by atoms with Gasteiger partial charge in [-0.25, -0.2) is 4.79 Å². The van der Waals surface area contributed by atoms with Gasteiger partial charge in [-0.3, -0.25) is 4.79 Å². The van der Waals surface area contributed by atoms with Crippen molar-refractivity contribution in [3.05, 3.63) is 0 Å². The highest BCUT2D eigenvalue weighted by Gasteiger charge is 2.33. The molecule has 2 rings (SSSR count). The van der Waals surface area contributed by atoms with Crippen LogP contribution in [0.5, 0.6) is 0 Å². The number of carbonyl (C=O) groups excluding carboxylic acids is 2.